The molecule has 0 fully saturated rings. The molecule has 0 aliphatic carbocycles. The molecule has 0 rings (SSSR count). The van der Waals surface area contributed by atoms with Crippen LogP contribution in [0.5, 0.6) is 0 Å². The number of hydrogen-bond acceptors (Lipinski definition) is 5. The third-order valence-electron chi connectivity index (χ3n) is 3.22. The molecule has 8 heteroatoms. The highest BCUT2D eigenvalue weighted by atomic mass is 32.2. The molecule has 0 spiro atoms. The minimum atomic E-state index is -4.77. The van der Waals surface area contributed by atoms with Crippen molar-refractivity contribution in [1.29, 1.82) is 0 Å². The van der Waals surface area contributed by atoms with Crippen LogP contribution in [0.3, 0.4) is 0 Å². The van der Waals surface area contributed by atoms with Crippen molar-refractivity contribution in [2.45, 2.75) is 70.0 Å². The Morgan fingerprint density at radius 1 is 1.00 bits per heavy atom. The van der Waals surface area contributed by atoms with Crippen LogP contribution in [0.1, 0.15) is 64.7 Å². The molecular formula is C14H26O7S. The van der Waals surface area contributed by atoms with Crippen LogP contribution in [0.15, 0.2) is 0 Å². The molecule has 0 saturated carbocycles. The van der Waals surface area contributed by atoms with Gasteiger partial charge in [-0.1, -0.05) is 51.9 Å². The summed E-state index contributed by atoms with van der Waals surface area (Å²) in [4.78, 5) is 22.0. The van der Waals surface area contributed by atoms with Gasteiger partial charge >= 0.3 is 11.9 Å². The second-order valence-corrected chi connectivity index (χ2v) is 6.84. The average Bonchev–Trinajstić information content (AvgIpc) is 2.41. The highest BCUT2D eigenvalue weighted by Crippen LogP contribution is 2.10. The first-order valence-electron chi connectivity index (χ1n) is 7.63. The zero-order chi connectivity index (χ0) is 17.0. The van der Waals surface area contributed by atoms with E-state index in [9.17, 15) is 18.0 Å². The fourth-order valence-electron chi connectivity index (χ4n) is 1.97. The number of ether oxygens (including phenoxy) is 1. The molecule has 0 bridgehead atoms. The van der Waals surface area contributed by atoms with Gasteiger partial charge < -0.3 is 9.84 Å². The molecule has 0 aromatic rings. The molecule has 0 heterocycles. The molecule has 1 unspecified atom stereocenters. The Labute approximate surface area is 131 Å². The van der Waals surface area contributed by atoms with E-state index in [1.807, 2.05) is 0 Å². The van der Waals surface area contributed by atoms with Crippen molar-refractivity contribution in [1.82, 2.24) is 0 Å². The molecule has 22 heavy (non-hydrogen) atoms. The van der Waals surface area contributed by atoms with E-state index in [0.29, 0.717) is 6.42 Å². The van der Waals surface area contributed by atoms with Crippen molar-refractivity contribution in [3.63, 3.8) is 0 Å². The molecule has 2 N–H and O–H groups in total. The van der Waals surface area contributed by atoms with Gasteiger partial charge in [0, 0.05) is 0 Å². The lowest BCUT2D eigenvalue weighted by Crippen LogP contribution is -2.34. The van der Waals surface area contributed by atoms with Crippen LogP contribution in [0.25, 0.3) is 0 Å². The molecule has 0 amide bonds. The van der Waals surface area contributed by atoms with Crippen LogP contribution in [-0.4, -0.2) is 41.9 Å². The first-order chi connectivity index (χ1) is 10.3. The van der Waals surface area contributed by atoms with Gasteiger partial charge in [0.1, 0.15) is 0 Å². The number of carboxylic acid groups (broad SMARTS) is 1. The van der Waals surface area contributed by atoms with Crippen molar-refractivity contribution in [2.75, 3.05) is 6.61 Å². The van der Waals surface area contributed by atoms with Crippen molar-refractivity contribution in [3.05, 3.63) is 0 Å². The molecule has 7 nitrogen and oxygen atoms in total. The zero-order valence-electron chi connectivity index (χ0n) is 13.0. The van der Waals surface area contributed by atoms with Crippen LogP contribution in [0.4, 0.5) is 0 Å². The second-order valence-electron chi connectivity index (χ2n) is 5.24. The topological polar surface area (TPSA) is 118 Å². The normalized spacial score (nSPS) is 12.8. The van der Waals surface area contributed by atoms with Gasteiger partial charge in [0.2, 0.25) is 0 Å². The summed E-state index contributed by atoms with van der Waals surface area (Å²) in [5.74, 6) is -2.71. The molecule has 0 aliphatic rings. The predicted octanol–water partition coefficient (Wildman–Crippen LogP) is 2.40. The van der Waals surface area contributed by atoms with Gasteiger partial charge in [0.05, 0.1) is 13.0 Å². The lowest BCUT2D eigenvalue weighted by atomic mass is 10.1. The van der Waals surface area contributed by atoms with E-state index >= 15 is 0 Å². The van der Waals surface area contributed by atoms with Crippen LogP contribution < -0.4 is 0 Å². The summed E-state index contributed by atoms with van der Waals surface area (Å²) in [6.07, 6.45) is 7.39. The van der Waals surface area contributed by atoms with Crippen molar-refractivity contribution >= 4 is 22.1 Å². The summed E-state index contributed by atoms with van der Waals surface area (Å²) < 4.78 is 35.5. The fourth-order valence-corrected chi connectivity index (χ4v) is 2.63. The maximum atomic E-state index is 11.5. The third kappa shape index (κ3) is 10.6. The third-order valence-corrected chi connectivity index (χ3v) is 4.30. The van der Waals surface area contributed by atoms with Gasteiger partial charge in [0.25, 0.3) is 10.1 Å². The van der Waals surface area contributed by atoms with Gasteiger partial charge in [-0.25, -0.2) is 0 Å². The van der Waals surface area contributed by atoms with Crippen molar-refractivity contribution in [2.24, 2.45) is 0 Å². The van der Waals surface area contributed by atoms with Crippen LogP contribution >= 0.6 is 0 Å². The maximum absolute atomic E-state index is 11.5. The van der Waals surface area contributed by atoms with Gasteiger partial charge in [0.15, 0.2) is 5.25 Å². The zero-order valence-corrected chi connectivity index (χ0v) is 13.8. The Kier molecular flexibility index (Phi) is 10.8. The largest absolute Gasteiger partial charge is 0.481 e. The lowest BCUT2D eigenvalue weighted by molar-refractivity contribution is -0.147. The Morgan fingerprint density at radius 3 is 1.95 bits per heavy atom. The maximum Gasteiger partial charge on any atom is 0.327 e. The SMILES string of the molecule is CCCCCCCCCCOC(=O)C(CC(=O)O)S(=O)(=O)O. The Morgan fingerprint density at radius 2 is 1.50 bits per heavy atom. The fraction of sp³-hybridized carbons (Fsp3) is 0.857. The first-order valence-corrected chi connectivity index (χ1v) is 9.14. The monoisotopic (exact) mass is 338 g/mol. The molecule has 130 valence electrons. The van der Waals surface area contributed by atoms with Gasteiger partial charge in [-0.15, -0.1) is 0 Å². The molecule has 1 atom stereocenters. The summed E-state index contributed by atoms with van der Waals surface area (Å²) in [5.41, 5.74) is 0. The number of esters is 1. The summed E-state index contributed by atoms with van der Waals surface area (Å²) in [6, 6.07) is 0. The quantitative estimate of drug-likeness (QED) is 0.301. The standard InChI is InChI=1S/C14H26O7S/c1-2-3-4-5-6-7-8-9-10-21-14(17)12(11-13(15)16)22(18,19)20/h12H,2-11H2,1H3,(H,15,16)(H,18,19,20). The number of aliphatic carboxylic acids is 1. The Hall–Kier alpha value is -1.15. The number of hydrogen-bond donors (Lipinski definition) is 2. The van der Waals surface area contributed by atoms with E-state index in [1.54, 1.807) is 0 Å². The lowest BCUT2D eigenvalue weighted by Gasteiger charge is -2.11. The second kappa shape index (κ2) is 11.4. The Balaban J connectivity index is 3.89. The molecular weight excluding hydrogens is 312 g/mol. The van der Waals surface area contributed by atoms with E-state index in [2.05, 4.69) is 6.92 Å². The Bertz CT molecular complexity index is 430. The minimum absolute atomic E-state index is 0.0272. The van der Waals surface area contributed by atoms with E-state index < -0.39 is 33.7 Å². The summed E-state index contributed by atoms with van der Waals surface area (Å²) >= 11 is 0. The van der Waals surface area contributed by atoms with E-state index in [4.69, 9.17) is 14.4 Å². The predicted molar refractivity (Wildman–Crippen MR) is 81.2 cm³/mol. The molecule has 0 saturated heterocycles. The molecule has 0 radical (unpaired) electrons. The van der Waals surface area contributed by atoms with E-state index in [-0.39, 0.29) is 6.61 Å². The highest BCUT2D eigenvalue weighted by Gasteiger charge is 2.34. The number of rotatable bonds is 13. The smallest absolute Gasteiger partial charge is 0.327 e. The summed E-state index contributed by atoms with van der Waals surface area (Å²) in [5, 5.41) is 6.49. The van der Waals surface area contributed by atoms with E-state index in [0.717, 1.165) is 19.3 Å². The summed E-state index contributed by atoms with van der Waals surface area (Å²) in [6.45, 7) is 2.18. The first kappa shape index (κ1) is 20.9. The van der Waals surface area contributed by atoms with Crippen molar-refractivity contribution < 1.29 is 32.4 Å². The minimum Gasteiger partial charge on any atom is -0.481 e. The number of unbranched alkanes of at least 4 members (excludes halogenated alkanes) is 7. The van der Waals surface area contributed by atoms with Gasteiger partial charge in [-0.2, -0.15) is 8.42 Å². The molecule has 0 aromatic carbocycles. The van der Waals surface area contributed by atoms with Crippen LogP contribution in [0.2, 0.25) is 0 Å². The number of carboxylic acids is 1. The van der Waals surface area contributed by atoms with E-state index in [1.165, 1.54) is 25.7 Å². The number of carbonyl (C=O) groups excluding carboxylic acids is 1. The number of carbonyl (C=O) groups is 2. The van der Waals surface area contributed by atoms with Crippen LogP contribution in [-0.2, 0) is 24.4 Å². The van der Waals surface area contributed by atoms with Gasteiger partial charge in [-0.05, 0) is 6.42 Å². The highest BCUT2D eigenvalue weighted by molar-refractivity contribution is 7.87. The van der Waals surface area contributed by atoms with Gasteiger partial charge in [-0.3, -0.25) is 14.1 Å². The van der Waals surface area contributed by atoms with Crippen LogP contribution in [0, 0.1) is 0 Å². The van der Waals surface area contributed by atoms with Crippen molar-refractivity contribution in [3.8, 4) is 0 Å². The molecule has 0 aromatic heterocycles. The summed E-state index contributed by atoms with van der Waals surface area (Å²) in [7, 11) is -4.77. The average molecular weight is 338 g/mol. The molecule has 0 aliphatic heterocycles.